The maximum atomic E-state index is 17.1. The Kier molecular flexibility index (Phi) is 39.8. The van der Waals surface area contributed by atoms with Crippen molar-refractivity contribution in [2.75, 3.05) is 96.2 Å². The number of nitrogens with one attached hydrogen (secondary N) is 8. The fourth-order valence-corrected chi connectivity index (χ4v) is 19.5. The van der Waals surface area contributed by atoms with Crippen LogP contribution in [0, 0.1) is 0 Å². The normalized spacial score (nSPS) is 16.1. The lowest BCUT2D eigenvalue weighted by Gasteiger charge is -2.52. The molecule has 1 aliphatic heterocycles. The fraction of sp³-hybridized carbons (Fsp3) is 0.662. The van der Waals surface area contributed by atoms with Crippen LogP contribution in [0.15, 0.2) is 35.4 Å². The summed E-state index contributed by atoms with van der Waals surface area (Å²) >= 11 is 0. The van der Waals surface area contributed by atoms with Gasteiger partial charge in [0.25, 0.3) is 5.91 Å². The van der Waals surface area contributed by atoms with Crippen LogP contribution in [0.25, 0.3) is 0 Å². The van der Waals surface area contributed by atoms with Crippen molar-refractivity contribution in [3.05, 3.63) is 41.7 Å². The smallest absolute Gasteiger partial charge is 0.326 e. The average molecular weight is 1630 g/mol. The van der Waals surface area contributed by atoms with E-state index in [0.717, 1.165) is 4.68 Å². The van der Waals surface area contributed by atoms with Crippen molar-refractivity contribution in [3.63, 3.8) is 0 Å². The summed E-state index contributed by atoms with van der Waals surface area (Å²) in [5.74, 6) is -14.1. The molecule has 1 aliphatic rings. The number of carbonyl (C=O) groups excluding carboxylic acids is 7. The molecule has 0 radical (unpaired) electrons. The average Bonchev–Trinajstić information content (AvgIpc) is 0.940. The number of aliphatic carboxylic acids is 7. The highest BCUT2D eigenvalue weighted by Crippen LogP contribution is 2.74. The van der Waals surface area contributed by atoms with Crippen molar-refractivity contribution in [2.45, 2.75) is 183 Å². The fourth-order valence-electron chi connectivity index (χ4n) is 11.3. The molecule has 0 saturated carbocycles. The van der Waals surface area contributed by atoms with Crippen molar-refractivity contribution in [2.24, 2.45) is 0 Å². The van der Waals surface area contributed by atoms with Gasteiger partial charge < -0.3 is 88.1 Å². The van der Waals surface area contributed by atoms with Crippen molar-refractivity contribution < 1.29 is 126 Å². The van der Waals surface area contributed by atoms with Gasteiger partial charge in [0.05, 0.1) is 31.7 Å². The van der Waals surface area contributed by atoms with Crippen LogP contribution < -0.4 is 42.5 Å². The number of carboxylic acid groups (broad SMARTS) is 7. The summed E-state index contributed by atoms with van der Waals surface area (Å²) in [6.45, 7) is 11.7. The Labute approximate surface area is 632 Å². The minimum Gasteiger partial charge on any atom is -0.481 e. The van der Waals surface area contributed by atoms with E-state index >= 15 is 3.89 Å². The van der Waals surface area contributed by atoms with Gasteiger partial charge in [-0.05, 0) is 117 Å². The first-order valence-corrected chi connectivity index (χ1v) is 42.2. The predicted molar refractivity (Wildman–Crippen MR) is 395 cm³/mol. The molecule has 0 spiro atoms. The Morgan fingerprint density at radius 2 is 0.972 bits per heavy atom. The number of benzene rings is 1. The van der Waals surface area contributed by atoms with E-state index in [1.165, 1.54) is 30.5 Å². The Bertz CT molecular complexity index is 3550. The number of hydrogen-bond donors (Lipinski definition) is 17. The van der Waals surface area contributed by atoms with E-state index in [0.29, 0.717) is 37.0 Å². The second kappa shape index (κ2) is 45.8. The Morgan fingerprint density at radius 3 is 1.47 bits per heavy atom. The lowest BCUT2D eigenvalue weighted by Crippen LogP contribution is -2.51. The largest absolute Gasteiger partial charge is 0.481 e. The van der Waals surface area contributed by atoms with Gasteiger partial charge in [-0.3, -0.25) is 67.0 Å². The minimum absolute atomic E-state index is 0.0103. The highest BCUT2D eigenvalue weighted by atomic mass is 32.3. The van der Waals surface area contributed by atoms with E-state index in [1.54, 1.807) is 51.3 Å². The van der Waals surface area contributed by atoms with Crippen LogP contribution in [-0.2, 0) is 73.2 Å². The number of aromatic nitrogens is 3. The third-order valence-corrected chi connectivity index (χ3v) is 26.2. The predicted octanol–water partition coefficient (Wildman–Crippen LogP) is 1.81. The highest BCUT2D eigenvalue weighted by Gasteiger charge is 2.48. The summed E-state index contributed by atoms with van der Waals surface area (Å²) in [4.78, 5) is 200. The number of unbranched alkanes of at least 4 members (excludes halogenated alkanes) is 1. The van der Waals surface area contributed by atoms with Gasteiger partial charge in [0.1, 0.15) is 35.9 Å². The maximum Gasteiger partial charge on any atom is 0.326 e. The van der Waals surface area contributed by atoms with E-state index in [9.17, 15) is 106 Å². The molecule has 8 atom stereocenters. The molecule has 6 unspecified atom stereocenters. The number of hydrogen-bond acceptors (Lipinski definition) is 21. The van der Waals surface area contributed by atoms with Crippen LogP contribution in [0.5, 0.6) is 0 Å². The van der Waals surface area contributed by atoms with Crippen molar-refractivity contribution in [3.8, 4) is 0 Å². The van der Waals surface area contributed by atoms with Crippen LogP contribution in [0.1, 0.15) is 154 Å². The number of urea groups is 1. The number of carboxylic acids is 7. The molecule has 614 valence electrons. The summed E-state index contributed by atoms with van der Waals surface area (Å²) < 4.78 is 43.3. The zero-order valence-corrected chi connectivity index (χ0v) is 65.5. The molecule has 3 rings (SSSR count). The minimum atomic E-state index is -4.09. The zero-order chi connectivity index (χ0) is 82.0. The number of amides is 8. The first-order valence-electron chi connectivity index (χ1n) is 35.2. The Morgan fingerprint density at radius 1 is 0.523 bits per heavy atom. The molecular formula is C65H106FN14O25P3S. The van der Waals surface area contributed by atoms with Crippen molar-refractivity contribution >= 4 is 117 Å². The number of carbonyl (C=O) groups is 14. The van der Waals surface area contributed by atoms with E-state index in [-0.39, 0.29) is 123 Å². The SMILES string of the molecule is CC(C)(C)S(F)(c1ccc(C(=O)NCC(C(=O)NC(CCCCNC(=O)CCC(=O)NCCCC(NC(=O)CC[C@H](NC(=O)N[C@@H](CCC(=O)O)C(=O)O)C(=O)O)C(=O)O)C(=O)O)n2cc(CNC(=O)CCP(=O)(O)CN3CCN(CPCCC(=O)O)CCN(CP(=O)(O)CCC(=O)O)CC3)nn2)cc1)C(C)(C)C. The molecule has 1 aromatic carbocycles. The van der Waals surface area contributed by atoms with Crippen molar-refractivity contribution in [1.29, 1.82) is 0 Å². The molecule has 39 nitrogen and oxygen atoms in total. The first-order chi connectivity index (χ1) is 50.8. The highest BCUT2D eigenvalue weighted by molar-refractivity contribution is 8.31. The van der Waals surface area contributed by atoms with E-state index < -0.39 is 206 Å². The van der Waals surface area contributed by atoms with E-state index in [2.05, 4.69) is 42.2 Å². The zero-order valence-electron chi connectivity index (χ0n) is 61.9. The summed E-state index contributed by atoms with van der Waals surface area (Å²) in [7, 11) is -10.8. The Balaban J connectivity index is 1.62. The lowest BCUT2D eigenvalue weighted by atomic mass is 10.1. The van der Waals surface area contributed by atoms with E-state index in [4.69, 9.17) is 15.3 Å². The lowest BCUT2D eigenvalue weighted by molar-refractivity contribution is -0.143. The molecule has 1 saturated heterocycles. The van der Waals surface area contributed by atoms with Crippen LogP contribution in [0.4, 0.5) is 8.68 Å². The molecular weight excluding hydrogens is 1520 g/mol. The van der Waals surface area contributed by atoms with Gasteiger partial charge >= 0.3 is 47.8 Å². The molecule has 2 aromatic rings. The third-order valence-electron chi connectivity index (χ3n) is 17.1. The summed E-state index contributed by atoms with van der Waals surface area (Å²) in [6.07, 6.45) is -3.36. The number of nitrogens with zero attached hydrogens (tertiary/aromatic N) is 6. The van der Waals surface area contributed by atoms with Crippen LogP contribution in [0.3, 0.4) is 0 Å². The number of rotatable bonds is 49. The molecule has 0 aliphatic carbocycles. The number of halogens is 1. The van der Waals surface area contributed by atoms with Gasteiger partial charge in [-0.25, -0.2) is 28.7 Å². The standard InChI is InChI=1S/C65H106FN14O25P3S/c1-64(2,3)109(66,65(4,5)6)44-14-12-42(13-15-44)57(91)70-37-49(80-38-43(75-76-80)36-69-52(83)23-34-107(102,103)40-78-29-27-77(39-106-33-22-55(87)88)28-30-79(32-31-78)41-108(104,105)35-24-56(89)90)58(92)72-46(60(95)96)10-7-8-25-67-50(81)19-20-51(82)68-26-9-11-45(59(93)94)71-53(84)18-16-47(61(97)98)73-63(101)74-48(62(99)100)17-21-54(85)86/h12-15,38,45-49,106H,7-11,16-37,39-41H2,1-6H3,(H,67,81)(H,68,82)(H,69,83)(H,70,91)(H,71,84)(H,72,92)(H,85,86)(H,87,88)(H,89,90)(H,93,94)(H,95,96)(H,97,98)(H,99,100)(H,102,103)(H,104,105)(H2,73,74,101)/t45?,46?,47-,48-,49?/m0/s1. The second-order valence-electron chi connectivity index (χ2n) is 28.0. The van der Waals surface area contributed by atoms with Crippen LogP contribution in [0.2, 0.25) is 0 Å². The van der Waals surface area contributed by atoms with Gasteiger partial charge in [0.2, 0.25) is 44.3 Å². The van der Waals surface area contributed by atoms with Gasteiger partial charge in [-0.2, -0.15) is 3.89 Å². The molecule has 1 fully saturated rings. The molecule has 0 bridgehead atoms. The van der Waals surface area contributed by atoms with Crippen LogP contribution in [-0.4, -0.2) is 288 Å². The third kappa shape index (κ3) is 36.0. The second-order valence-corrected chi connectivity index (χ2v) is 38.2. The summed E-state index contributed by atoms with van der Waals surface area (Å²) in [6, 6.07) is -3.28. The monoisotopic (exact) mass is 1630 g/mol. The molecule has 44 heteroatoms. The van der Waals surface area contributed by atoms with Crippen molar-refractivity contribution in [1.82, 2.24) is 72.2 Å². The maximum absolute atomic E-state index is 17.1. The summed E-state index contributed by atoms with van der Waals surface area (Å²) in [5, 5.41) is 92.8. The summed E-state index contributed by atoms with van der Waals surface area (Å²) in [5.41, 5.74) is 0.159. The molecule has 1 aromatic heterocycles. The topological polar surface area (TPSA) is 592 Å². The van der Waals surface area contributed by atoms with Crippen LogP contribution >= 0.6 is 33.7 Å². The first kappa shape index (κ1) is 94.9. The van der Waals surface area contributed by atoms with Gasteiger partial charge in [0.15, 0.2) is 0 Å². The Hall–Kier alpha value is -8.29. The quantitative estimate of drug-likeness (QED) is 0.0332. The molecule has 17 N–H and O–H groups in total. The molecule has 109 heavy (non-hydrogen) atoms. The van der Waals surface area contributed by atoms with Gasteiger partial charge in [-0.15, -0.1) is 13.7 Å². The molecule has 2 heterocycles. The van der Waals surface area contributed by atoms with E-state index in [1.807, 2.05) is 15.5 Å². The molecule has 8 amide bonds. The van der Waals surface area contributed by atoms with Gasteiger partial charge in [0, 0.05) is 136 Å². The van der Waals surface area contributed by atoms with Gasteiger partial charge in [-0.1, -0.05) is 15.6 Å².